The summed E-state index contributed by atoms with van der Waals surface area (Å²) >= 11 is 0. The van der Waals surface area contributed by atoms with Crippen LogP contribution in [-0.4, -0.2) is 38.5 Å². The highest BCUT2D eigenvalue weighted by Crippen LogP contribution is 2.38. The Balaban J connectivity index is 1.98. The zero-order valence-corrected chi connectivity index (χ0v) is 15.2. The van der Waals surface area contributed by atoms with Gasteiger partial charge in [-0.1, -0.05) is 13.8 Å². The maximum atomic E-state index is 14.9. The second-order valence-electron chi connectivity index (χ2n) is 7.79. The minimum absolute atomic E-state index is 0.00114. The minimum Gasteiger partial charge on any atom is -0.372 e. The van der Waals surface area contributed by atoms with Crippen molar-refractivity contribution < 1.29 is 18.6 Å². The summed E-state index contributed by atoms with van der Waals surface area (Å²) in [5, 5.41) is 9.22. The van der Waals surface area contributed by atoms with Gasteiger partial charge < -0.3 is 19.1 Å². The normalized spacial score (nSPS) is 27.1. The van der Waals surface area contributed by atoms with Crippen molar-refractivity contribution in [3.05, 3.63) is 29.1 Å². The summed E-state index contributed by atoms with van der Waals surface area (Å²) in [4.78, 5) is 1.97. The van der Waals surface area contributed by atoms with Crippen molar-refractivity contribution in [3.63, 3.8) is 0 Å². The van der Waals surface area contributed by atoms with E-state index in [9.17, 15) is 9.65 Å². The van der Waals surface area contributed by atoms with Crippen LogP contribution in [0.2, 0.25) is 0 Å². The van der Waals surface area contributed by atoms with E-state index in [1.807, 2.05) is 24.8 Å². The lowest BCUT2D eigenvalue weighted by molar-refractivity contribution is -0.226. The highest BCUT2D eigenvalue weighted by Gasteiger charge is 2.34. The molecule has 5 nitrogen and oxygen atoms in total. The van der Waals surface area contributed by atoms with Gasteiger partial charge in [0.25, 0.3) is 0 Å². The molecule has 2 aliphatic heterocycles. The molecule has 0 radical (unpaired) electrons. The standard InChI is InChI=1S/C19H25FN2O3/c1-12-8-22(9-13(2)25-12)17-15(5-14(7-21)6-16(17)20)18-23-10-19(3,4)11-24-18/h5-6,12-13,18H,8-11H2,1-4H3/t12-,13-/m1/s1. The fourth-order valence-corrected chi connectivity index (χ4v) is 3.43. The number of ether oxygens (including phenoxy) is 3. The molecule has 0 amide bonds. The van der Waals surface area contributed by atoms with Crippen molar-refractivity contribution in [3.8, 4) is 6.07 Å². The molecule has 1 aromatic rings. The molecule has 136 valence electrons. The molecule has 2 saturated heterocycles. The highest BCUT2D eigenvalue weighted by atomic mass is 19.1. The van der Waals surface area contributed by atoms with E-state index in [1.165, 1.54) is 6.07 Å². The third-order valence-electron chi connectivity index (χ3n) is 4.46. The van der Waals surface area contributed by atoms with Crippen molar-refractivity contribution in [2.45, 2.75) is 46.2 Å². The Labute approximate surface area is 148 Å². The van der Waals surface area contributed by atoms with Crippen LogP contribution in [0.3, 0.4) is 0 Å². The van der Waals surface area contributed by atoms with Crippen LogP contribution in [-0.2, 0) is 14.2 Å². The maximum absolute atomic E-state index is 14.9. The number of hydrogen-bond donors (Lipinski definition) is 0. The molecule has 0 N–H and O–H groups in total. The van der Waals surface area contributed by atoms with Crippen LogP contribution in [0.5, 0.6) is 0 Å². The summed E-state index contributed by atoms with van der Waals surface area (Å²) in [5.41, 5.74) is 1.21. The van der Waals surface area contributed by atoms with Gasteiger partial charge in [0.1, 0.15) is 5.82 Å². The molecule has 2 atom stereocenters. The lowest BCUT2D eigenvalue weighted by Crippen LogP contribution is -2.46. The molecule has 2 heterocycles. The van der Waals surface area contributed by atoms with E-state index >= 15 is 0 Å². The van der Waals surface area contributed by atoms with Gasteiger partial charge in [-0.3, -0.25) is 0 Å². The Bertz CT molecular complexity index is 666. The van der Waals surface area contributed by atoms with Crippen molar-refractivity contribution in [1.29, 1.82) is 5.26 Å². The number of halogens is 1. The second kappa shape index (κ2) is 6.91. The predicted molar refractivity (Wildman–Crippen MR) is 91.8 cm³/mol. The molecule has 0 bridgehead atoms. The second-order valence-corrected chi connectivity index (χ2v) is 7.79. The first-order chi connectivity index (χ1) is 11.8. The summed E-state index contributed by atoms with van der Waals surface area (Å²) in [6.07, 6.45) is -0.670. The Morgan fingerprint density at radius 2 is 1.76 bits per heavy atom. The molecule has 1 aromatic carbocycles. The summed E-state index contributed by atoms with van der Waals surface area (Å²) < 4.78 is 32.4. The Kier molecular flexibility index (Phi) is 5.01. The van der Waals surface area contributed by atoms with Crippen LogP contribution in [0.4, 0.5) is 10.1 Å². The molecular weight excluding hydrogens is 323 g/mol. The van der Waals surface area contributed by atoms with Gasteiger partial charge >= 0.3 is 0 Å². The largest absolute Gasteiger partial charge is 0.372 e. The van der Waals surface area contributed by atoms with Crippen LogP contribution in [0, 0.1) is 22.6 Å². The first-order valence-corrected chi connectivity index (χ1v) is 8.66. The Morgan fingerprint density at radius 3 is 2.32 bits per heavy atom. The first kappa shape index (κ1) is 18.1. The van der Waals surface area contributed by atoms with Gasteiger partial charge in [-0.15, -0.1) is 0 Å². The smallest absolute Gasteiger partial charge is 0.185 e. The SMILES string of the molecule is C[C@@H]1CN(c2c(F)cc(C#N)cc2C2OCC(C)(C)CO2)C[C@@H](C)O1. The average Bonchev–Trinajstić information content (AvgIpc) is 2.53. The van der Waals surface area contributed by atoms with E-state index in [1.54, 1.807) is 6.07 Å². The van der Waals surface area contributed by atoms with Gasteiger partial charge in [0, 0.05) is 24.1 Å². The van der Waals surface area contributed by atoms with E-state index in [0.717, 1.165) is 0 Å². The van der Waals surface area contributed by atoms with E-state index < -0.39 is 12.1 Å². The van der Waals surface area contributed by atoms with Crippen molar-refractivity contribution in [2.24, 2.45) is 5.41 Å². The van der Waals surface area contributed by atoms with Gasteiger partial charge in [0.05, 0.1) is 42.7 Å². The quantitative estimate of drug-likeness (QED) is 0.820. The molecule has 0 aromatic heterocycles. The Hall–Kier alpha value is -1.68. The fourth-order valence-electron chi connectivity index (χ4n) is 3.43. The van der Waals surface area contributed by atoms with Gasteiger partial charge in [0.15, 0.2) is 6.29 Å². The first-order valence-electron chi connectivity index (χ1n) is 8.66. The molecular formula is C19H25FN2O3. The van der Waals surface area contributed by atoms with Gasteiger partial charge in [-0.2, -0.15) is 5.26 Å². The molecule has 0 saturated carbocycles. The van der Waals surface area contributed by atoms with Crippen molar-refractivity contribution in [1.82, 2.24) is 0 Å². The monoisotopic (exact) mass is 348 g/mol. The fraction of sp³-hybridized carbons (Fsp3) is 0.632. The number of rotatable bonds is 2. The minimum atomic E-state index is -0.667. The number of benzene rings is 1. The predicted octanol–water partition coefficient (Wildman–Crippen LogP) is 3.38. The molecule has 2 fully saturated rings. The topological polar surface area (TPSA) is 54.7 Å². The third-order valence-corrected chi connectivity index (χ3v) is 4.46. The maximum Gasteiger partial charge on any atom is 0.185 e. The summed E-state index contributed by atoms with van der Waals surface area (Å²) in [6, 6.07) is 4.96. The highest BCUT2D eigenvalue weighted by molar-refractivity contribution is 5.59. The Morgan fingerprint density at radius 1 is 1.16 bits per heavy atom. The van der Waals surface area contributed by atoms with Gasteiger partial charge in [0.2, 0.25) is 0 Å². The molecule has 6 heteroatoms. The number of morpholine rings is 1. The lowest BCUT2D eigenvalue weighted by atomic mass is 9.95. The molecule has 2 aliphatic rings. The summed E-state index contributed by atoms with van der Waals surface area (Å²) in [6.45, 7) is 10.3. The number of anilines is 1. The van der Waals surface area contributed by atoms with Gasteiger partial charge in [-0.05, 0) is 26.0 Å². The summed E-state index contributed by atoms with van der Waals surface area (Å²) in [5.74, 6) is -0.424. The van der Waals surface area contributed by atoms with Crippen molar-refractivity contribution in [2.75, 3.05) is 31.2 Å². The molecule has 3 rings (SSSR count). The zero-order valence-electron chi connectivity index (χ0n) is 15.2. The number of nitriles is 1. The van der Waals surface area contributed by atoms with E-state index in [0.29, 0.717) is 37.6 Å². The van der Waals surface area contributed by atoms with Gasteiger partial charge in [-0.25, -0.2) is 4.39 Å². The van der Waals surface area contributed by atoms with Crippen LogP contribution in [0.15, 0.2) is 12.1 Å². The van der Waals surface area contributed by atoms with Crippen LogP contribution in [0.25, 0.3) is 0 Å². The van der Waals surface area contributed by atoms with Crippen LogP contribution < -0.4 is 4.90 Å². The van der Waals surface area contributed by atoms with E-state index in [-0.39, 0.29) is 23.2 Å². The average molecular weight is 348 g/mol. The number of hydrogen-bond acceptors (Lipinski definition) is 5. The molecule has 25 heavy (non-hydrogen) atoms. The third kappa shape index (κ3) is 3.95. The lowest BCUT2D eigenvalue weighted by Gasteiger charge is -2.40. The molecule has 0 spiro atoms. The van der Waals surface area contributed by atoms with Crippen molar-refractivity contribution >= 4 is 5.69 Å². The van der Waals surface area contributed by atoms with Crippen LogP contribution >= 0.6 is 0 Å². The molecule has 0 unspecified atom stereocenters. The molecule has 0 aliphatic carbocycles. The van der Waals surface area contributed by atoms with Crippen LogP contribution in [0.1, 0.15) is 45.1 Å². The summed E-state index contributed by atoms with van der Waals surface area (Å²) in [7, 11) is 0. The zero-order chi connectivity index (χ0) is 18.2. The number of nitrogens with zero attached hydrogens (tertiary/aromatic N) is 2. The van der Waals surface area contributed by atoms with E-state index in [2.05, 4.69) is 13.8 Å². The van der Waals surface area contributed by atoms with E-state index in [4.69, 9.17) is 14.2 Å².